The highest BCUT2D eigenvalue weighted by atomic mass is 35.5. The third-order valence-corrected chi connectivity index (χ3v) is 8.13. The van der Waals surface area contributed by atoms with Gasteiger partial charge in [-0.25, -0.2) is 12.8 Å². The maximum absolute atomic E-state index is 13.9. The lowest BCUT2D eigenvalue weighted by Gasteiger charge is -2.30. The Morgan fingerprint density at radius 2 is 1.86 bits per heavy atom. The van der Waals surface area contributed by atoms with Gasteiger partial charge in [0.2, 0.25) is 15.9 Å². The first-order valence-corrected chi connectivity index (χ1v) is 12.7. The lowest BCUT2D eigenvalue weighted by Crippen LogP contribution is -2.36. The van der Waals surface area contributed by atoms with Crippen molar-refractivity contribution in [2.75, 3.05) is 11.9 Å². The molecule has 0 aromatic heterocycles. The van der Waals surface area contributed by atoms with E-state index in [1.807, 2.05) is 6.07 Å². The number of benzene rings is 3. The molecule has 12 heteroatoms. The molecule has 0 radical (unpaired) electrons. The Morgan fingerprint density at radius 3 is 2.54 bits per heavy atom. The zero-order valence-corrected chi connectivity index (χ0v) is 20.5. The number of amides is 1. The van der Waals surface area contributed by atoms with Crippen LogP contribution in [0.15, 0.2) is 59.5 Å². The topological polar surface area (TPSA) is 90.3 Å². The SMILES string of the molecule is N#Cc1ccccc1S(=O)(=O)N1CCc2c(ccc(Cl)c2NC(=O)Cc2ccc(C(F)(F)F)c(F)c2)C1. The van der Waals surface area contributed by atoms with Gasteiger partial charge in [0.25, 0.3) is 0 Å². The van der Waals surface area contributed by atoms with Crippen molar-refractivity contribution in [1.29, 1.82) is 5.26 Å². The average molecular weight is 552 g/mol. The molecule has 0 aliphatic carbocycles. The van der Waals surface area contributed by atoms with Gasteiger partial charge >= 0.3 is 6.18 Å². The van der Waals surface area contributed by atoms with Crippen molar-refractivity contribution in [3.05, 3.63) is 93.3 Å². The molecule has 0 saturated carbocycles. The normalized spacial score (nSPS) is 14.1. The van der Waals surface area contributed by atoms with Gasteiger partial charge in [-0.15, -0.1) is 0 Å². The summed E-state index contributed by atoms with van der Waals surface area (Å²) < 4.78 is 79.9. The molecule has 37 heavy (non-hydrogen) atoms. The van der Waals surface area contributed by atoms with E-state index in [4.69, 9.17) is 11.6 Å². The molecule has 0 spiro atoms. The quantitative estimate of drug-likeness (QED) is 0.436. The summed E-state index contributed by atoms with van der Waals surface area (Å²) in [6.07, 6.45) is -5.05. The van der Waals surface area contributed by atoms with E-state index in [9.17, 15) is 36.0 Å². The molecule has 0 saturated heterocycles. The van der Waals surface area contributed by atoms with Gasteiger partial charge in [-0.05, 0) is 53.4 Å². The van der Waals surface area contributed by atoms with Crippen molar-refractivity contribution < 1.29 is 30.8 Å². The Kier molecular flexibility index (Phi) is 7.28. The number of sulfonamides is 1. The van der Waals surface area contributed by atoms with Crippen LogP contribution in [-0.4, -0.2) is 25.2 Å². The summed E-state index contributed by atoms with van der Waals surface area (Å²) in [7, 11) is -3.98. The van der Waals surface area contributed by atoms with E-state index in [0.717, 1.165) is 6.07 Å². The van der Waals surface area contributed by atoms with Crippen LogP contribution < -0.4 is 5.32 Å². The molecule has 1 aliphatic heterocycles. The number of nitriles is 1. The number of anilines is 1. The number of halogens is 5. The highest BCUT2D eigenvalue weighted by Crippen LogP contribution is 2.35. The zero-order chi connectivity index (χ0) is 27.0. The highest BCUT2D eigenvalue weighted by Gasteiger charge is 2.34. The van der Waals surface area contributed by atoms with E-state index < -0.39 is 39.9 Å². The van der Waals surface area contributed by atoms with Crippen molar-refractivity contribution in [2.45, 2.75) is 30.5 Å². The second-order valence-corrected chi connectivity index (χ2v) is 10.6. The van der Waals surface area contributed by atoms with E-state index in [1.165, 1.54) is 28.6 Å². The predicted molar refractivity (Wildman–Crippen MR) is 128 cm³/mol. The Hall–Kier alpha value is -3.46. The van der Waals surface area contributed by atoms with Gasteiger partial charge in [0.1, 0.15) is 11.9 Å². The molecule has 4 rings (SSSR count). The van der Waals surface area contributed by atoms with Gasteiger partial charge in [0.05, 0.1) is 33.2 Å². The van der Waals surface area contributed by atoms with Crippen molar-refractivity contribution in [3.63, 3.8) is 0 Å². The first-order chi connectivity index (χ1) is 17.4. The Labute approximate surface area is 215 Å². The van der Waals surface area contributed by atoms with Crippen LogP contribution in [0.3, 0.4) is 0 Å². The molecule has 0 fully saturated rings. The van der Waals surface area contributed by atoms with E-state index in [1.54, 1.807) is 12.1 Å². The van der Waals surface area contributed by atoms with Crippen LogP contribution in [0, 0.1) is 17.1 Å². The zero-order valence-electron chi connectivity index (χ0n) is 18.9. The number of fused-ring (bicyclic) bond motifs is 1. The number of carbonyl (C=O) groups is 1. The fourth-order valence-electron chi connectivity index (χ4n) is 4.13. The van der Waals surface area contributed by atoms with Gasteiger partial charge in [-0.3, -0.25) is 4.79 Å². The van der Waals surface area contributed by atoms with Crippen LogP contribution in [0.5, 0.6) is 0 Å². The molecule has 1 amide bonds. The summed E-state index contributed by atoms with van der Waals surface area (Å²) in [5.41, 5.74) is 0.0955. The second-order valence-electron chi connectivity index (χ2n) is 8.29. The van der Waals surface area contributed by atoms with Crippen LogP contribution in [0.2, 0.25) is 5.02 Å². The number of nitrogens with one attached hydrogen (secondary N) is 1. The van der Waals surface area contributed by atoms with Gasteiger partial charge in [-0.2, -0.15) is 22.7 Å². The third-order valence-electron chi connectivity index (χ3n) is 5.91. The number of nitrogens with zero attached hydrogens (tertiary/aromatic N) is 2. The minimum atomic E-state index is -4.85. The van der Waals surface area contributed by atoms with Crippen molar-refractivity contribution in [1.82, 2.24) is 4.31 Å². The molecule has 6 nitrogen and oxygen atoms in total. The number of alkyl halides is 3. The minimum absolute atomic E-state index is 0.0251. The minimum Gasteiger partial charge on any atom is -0.324 e. The molecule has 0 unspecified atom stereocenters. The van der Waals surface area contributed by atoms with Gasteiger partial charge in [0, 0.05) is 13.1 Å². The maximum Gasteiger partial charge on any atom is 0.419 e. The summed E-state index contributed by atoms with van der Waals surface area (Å²) in [5.74, 6) is -2.11. The molecule has 3 aromatic rings. The van der Waals surface area contributed by atoms with Crippen LogP contribution in [0.1, 0.15) is 27.8 Å². The molecule has 1 heterocycles. The first kappa shape index (κ1) is 26.6. The Morgan fingerprint density at radius 1 is 1.14 bits per heavy atom. The van der Waals surface area contributed by atoms with Gasteiger partial charge in [0.15, 0.2) is 0 Å². The lowest BCUT2D eigenvalue weighted by atomic mass is 9.98. The smallest absolute Gasteiger partial charge is 0.324 e. The first-order valence-electron chi connectivity index (χ1n) is 10.9. The summed E-state index contributed by atoms with van der Waals surface area (Å²) in [4.78, 5) is 12.5. The summed E-state index contributed by atoms with van der Waals surface area (Å²) >= 11 is 6.30. The van der Waals surface area contributed by atoms with Crippen LogP contribution in [0.4, 0.5) is 23.2 Å². The summed E-state index contributed by atoms with van der Waals surface area (Å²) in [6.45, 7) is 0.0318. The average Bonchev–Trinajstić information content (AvgIpc) is 2.84. The third kappa shape index (κ3) is 5.46. The number of hydrogen-bond acceptors (Lipinski definition) is 4. The summed E-state index contributed by atoms with van der Waals surface area (Å²) in [6, 6.07) is 13.1. The molecular formula is C25H18ClF4N3O3S. The van der Waals surface area contributed by atoms with E-state index in [-0.39, 0.29) is 46.2 Å². The van der Waals surface area contributed by atoms with Crippen LogP contribution >= 0.6 is 11.6 Å². The van der Waals surface area contributed by atoms with Gasteiger partial charge in [-0.1, -0.05) is 35.9 Å². The van der Waals surface area contributed by atoms with Crippen LogP contribution in [0.25, 0.3) is 0 Å². The fraction of sp³-hybridized carbons (Fsp3) is 0.200. The molecule has 0 bridgehead atoms. The summed E-state index contributed by atoms with van der Waals surface area (Å²) in [5, 5.41) is 12.1. The van der Waals surface area contributed by atoms with E-state index in [0.29, 0.717) is 23.3 Å². The molecule has 0 atom stereocenters. The van der Waals surface area contributed by atoms with E-state index in [2.05, 4.69) is 5.32 Å². The molecular weight excluding hydrogens is 534 g/mol. The Balaban J connectivity index is 1.55. The standard InChI is InChI=1S/C25H18ClF4N3O3S/c26-20-8-6-17-14-33(37(35,36)22-4-2-1-3-16(22)13-31)10-9-18(17)24(20)32-23(34)12-15-5-7-19(21(27)11-15)25(28,29)30/h1-8,11H,9-10,12,14H2,(H,32,34). The maximum atomic E-state index is 13.9. The van der Waals surface area contributed by atoms with E-state index >= 15 is 0 Å². The molecule has 3 aromatic carbocycles. The van der Waals surface area contributed by atoms with Crippen molar-refractivity contribution in [3.8, 4) is 6.07 Å². The molecule has 192 valence electrons. The predicted octanol–water partition coefficient (Wildman–Crippen LogP) is 5.30. The largest absolute Gasteiger partial charge is 0.419 e. The van der Waals surface area contributed by atoms with Gasteiger partial charge < -0.3 is 5.32 Å². The number of hydrogen-bond donors (Lipinski definition) is 1. The molecule has 1 aliphatic rings. The lowest BCUT2D eigenvalue weighted by molar-refractivity contribution is -0.140. The van der Waals surface area contributed by atoms with Crippen molar-refractivity contribution in [2.24, 2.45) is 0 Å². The fourth-order valence-corrected chi connectivity index (χ4v) is 5.92. The second kappa shape index (κ2) is 10.1. The molecule has 1 N–H and O–H groups in total. The van der Waals surface area contributed by atoms with Crippen LogP contribution in [-0.2, 0) is 40.4 Å². The monoisotopic (exact) mass is 551 g/mol. The Bertz CT molecular complexity index is 1540. The van der Waals surface area contributed by atoms with Crippen molar-refractivity contribution >= 4 is 33.2 Å². The number of rotatable bonds is 5. The number of carbonyl (C=O) groups excluding carboxylic acids is 1. The highest BCUT2D eigenvalue weighted by molar-refractivity contribution is 7.89.